The Morgan fingerprint density at radius 2 is 2.18 bits per heavy atom. The van der Waals surface area contributed by atoms with Gasteiger partial charge in [0.2, 0.25) is 0 Å². The van der Waals surface area contributed by atoms with Crippen LogP contribution in [0.3, 0.4) is 0 Å². The summed E-state index contributed by atoms with van der Waals surface area (Å²) in [6.07, 6.45) is 0.804. The SMILES string of the molecule is COc1ccc(F)cc1C(C)(C)CNCC=O. The fourth-order valence-corrected chi connectivity index (χ4v) is 1.75. The van der Waals surface area contributed by atoms with Crippen LogP contribution in [0.1, 0.15) is 19.4 Å². The lowest BCUT2D eigenvalue weighted by Gasteiger charge is -2.27. The molecule has 0 aliphatic carbocycles. The Bertz CT molecular complexity index is 391. The summed E-state index contributed by atoms with van der Waals surface area (Å²) in [7, 11) is 1.56. The molecular formula is C13H18FNO2. The smallest absolute Gasteiger partial charge is 0.133 e. The lowest BCUT2D eigenvalue weighted by molar-refractivity contribution is -0.107. The van der Waals surface area contributed by atoms with Gasteiger partial charge in [-0.15, -0.1) is 0 Å². The van der Waals surface area contributed by atoms with Gasteiger partial charge in [-0.2, -0.15) is 0 Å². The number of ether oxygens (including phenoxy) is 1. The number of carbonyl (C=O) groups excluding carboxylic acids is 1. The molecule has 0 aliphatic rings. The van der Waals surface area contributed by atoms with Crippen molar-refractivity contribution in [1.29, 1.82) is 0 Å². The lowest BCUT2D eigenvalue weighted by Crippen LogP contribution is -2.34. The van der Waals surface area contributed by atoms with E-state index in [1.807, 2.05) is 13.8 Å². The normalized spacial score (nSPS) is 11.3. The summed E-state index contributed by atoms with van der Waals surface area (Å²) in [6, 6.07) is 4.46. The van der Waals surface area contributed by atoms with Gasteiger partial charge in [-0.25, -0.2) is 4.39 Å². The van der Waals surface area contributed by atoms with Crippen molar-refractivity contribution in [3.8, 4) is 5.75 Å². The third-order valence-corrected chi connectivity index (χ3v) is 2.69. The predicted molar refractivity (Wildman–Crippen MR) is 64.9 cm³/mol. The number of hydrogen-bond donors (Lipinski definition) is 1. The molecule has 1 rings (SSSR count). The van der Waals surface area contributed by atoms with Gasteiger partial charge in [0.25, 0.3) is 0 Å². The van der Waals surface area contributed by atoms with Crippen LogP contribution in [0.2, 0.25) is 0 Å². The maximum absolute atomic E-state index is 13.3. The molecular weight excluding hydrogens is 221 g/mol. The van der Waals surface area contributed by atoms with Crippen molar-refractivity contribution < 1.29 is 13.9 Å². The quantitative estimate of drug-likeness (QED) is 0.608. The Labute approximate surface area is 101 Å². The summed E-state index contributed by atoms with van der Waals surface area (Å²) >= 11 is 0. The van der Waals surface area contributed by atoms with Crippen LogP contribution in [0.4, 0.5) is 4.39 Å². The first-order valence-electron chi connectivity index (χ1n) is 5.49. The van der Waals surface area contributed by atoms with Crippen LogP contribution in [-0.4, -0.2) is 26.5 Å². The summed E-state index contributed by atoms with van der Waals surface area (Å²) in [5.41, 5.74) is 0.481. The highest BCUT2D eigenvalue weighted by Gasteiger charge is 2.24. The number of carbonyl (C=O) groups is 1. The number of benzene rings is 1. The molecule has 0 spiro atoms. The summed E-state index contributed by atoms with van der Waals surface area (Å²) in [5, 5.41) is 3.00. The number of nitrogens with one attached hydrogen (secondary N) is 1. The van der Waals surface area contributed by atoms with Crippen LogP contribution >= 0.6 is 0 Å². The molecule has 1 aromatic rings. The molecule has 94 valence electrons. The molecule has 1 N–H and O–H groups in total. The average Bonchev–Trinajstić information content (AvgIpc) is 2.29. The predicted octanol–water partition coefficient (Wildman–Crippen LogP) is 1.90. The van der Waals surface area contributed by atoms with Crippen LogP contribution in [0.5, 0.6) is 5.75 Å². The van der Waals surface area contributed by atoms with Crippen molar-refractivity contribution in [1.82, 2.24) is 5.32 Å². The van der Waals surface area contributed by atoms with Crippen molar-refractivity contribution in [3.05, 3.63) is 29.6 Å². The molecule has 0 heterocycles. The molecule has 0 aromatic heterocycles. The number of rotatable bonds is 6. The van der Waals surface area contributed by atoms with Gasteiger partial charge in [0.05, 0.1) is 13.7 Å². The summed E-state index contributed by atoms with van der Waals surface area (Å²) < 4.78 is 18.5. The Morgan fingerprint density at radius 1 is 1.47 bits per heavy atom. The molecule has 0 radical (unpaired) electrons. The van der Waals surface area contributed by atoms with Crippen LogP contribution in [0.25, 0.3) is 0 Å². The molecule has 0 unspecified atom stereocenters. The molecule has 17 heavy (non-hydrogen) atoms. The largest absolute Gasteiger partial charge is 0.496 e. The minimum absolute atomic E-state index is 0.288. The second kappa shape index (κ2) is 5.77. The van der Waals surface area contributed by atoms with Crippen LogP contribution in [0, 0.1) is 5.82 Å². The summed E-state index contributed by atoms with van der Waals surface area (Å²) in [6.45, 7) is 4.82. The van der Waals surface area contributed by atoms with Gasteiger partial charge in [-0.3, -0.25) is 0 Å². The minimum atomic E-state index is -0.309. The third-order valence-electron chi connectivity index (χ3n) is 2.69. The monoisotopic (exact) mass is 239 g/mol. The zero-order valence-electron chi connectivity index (χ0n) is 10.4. The Balaban J connectivity index is 2.95. The molecule has 0 saturated carbocycles. The first kappa shape index (κ1) is 13.6. The first-order valence-corrected chi connectivity index (χ1v) is 5.49. The van der Waals surface area contributed by atoms with Crippen LogP contribution < -0.4 is 10.1 Å². The van der Waals surface area contributed by atoms with Crippen LogP contribution in [0.15, 0.2) is 18.2 Å². The highest BCUT2D eigenvalue weighted by molar-refractivity contribution is 5.52. The van der Waals surface area contributed by atoms with E-state index in [4.69, 9.17) is 4.74 Å². The zero-order valence-corrected chi connectivity index (χ0v) is 10.4. The first-order chi connectivity index (χ1) is 8.01. The Kier molecular flexibility index (Phi) is 4.63. The van der Waals surface area contributed by atoms with E-state index in [-0.39, 0.29) is 11.2 Å². The minimum Gasteiger partial charge on any atom is -0.496 e. The molecule has 0 fully saturated rings. The molecule has 4 heteroatoms. The van der Waals surface area contributed by atoms with Gasteiger partial charge in [0.1, 0.15) is 17.9 Å². The molecule has 0 atom stereocenters. The van der Waals surface area contributed by atoms with E-state index in [9.17, 15) is 9.18 Å². The van der Waals surface area contributed by atoms with E-state index in [0.717, 1.165) is 11.8 Å². The van der Waals surface area contributed by atoms with E-state index in [2.05, 4.69) is 5.32 Å². The molecule has 3 nitrogen and oxygen atoms in total. The van der Waals surface area contributed by atoms with Gasteiger partial charge in [0, 0.05) is 17.5 Å². The van der Waals surface area contributed by atoms with E-state index in [0.29, 0.717) is 18.8 Å². The van der Waals surface area contributed by atoms with Crippen molar-refractivity contribution in [2.24, 2.45) is 0 Å². The molecule has 0 aliphatic heterocycles. The van der Waals surface area contributed by atoms with Crippen molar-refractivity contribution in [3.63, 3.8) is 0 Å². The highest BCUT2D eigenvalue weighted by Crippen LogP contribution is 2.31. The van der Waals surface area contributed by atoms with Crippen LogP contribution in [-0.2, 0) is 10.2 Å². The Hall–Kier alpha value is -1.42. The van der Waals surface area contributed by atoms with Crippen molar-refractivity contribution in [2.75, 3.05) is 20.2 Å². The fraction of sp³-hybridized carbons (Fsp3) is 0.462. The van der Waals surface area contributed by atoms with E-state index in [1.165, 1.54) is 12.1 Å². The third kappa shape index (κ3) is 3.53. The lowest BCUT2D eigenvalue weighted by atomic mass is 9.84. The Morgan fingerprint density at radius 3 is 2.76 bits per heavy atom. The standard InChI is InChI=1S/C13H18FNO2/c1-13(2,9-15-6-7-16)11-8-10(14)4-5-12(11)17-3/h4-5,7-8,15H,6,9H2,1-3H3. The second-order valence-corrected chi connectivity index (χ2v) is 4.53. The molecule has 0 saturated heterocycles. The fourth-order valence-electron chi connectivity index (χ4n) is 1.75. The number of hydrogen-bond acceptors (Lipinski definition) is 3. The van der Waals surface area contributed by atoms with Crippen molar-refractivity contribution in [2.45, 2.75) is 19.3 Å². The molecule has 0 amide bonds. The average molecular weight is 239 g/mol. The zero-order chi connectivity index (χ0) is 12.9. The highest BCUT2D eigenvalue weighted by atomic mass is 19.1. The van der Waals surface area contributed by atoms with E-state index >= 15 is 0 Å². The van der Waals surface area contributed by atoms with Gasteiger partial charge in [-0.1, -0.05) is 13.8 Å². The van der Waals surface area contributed by atoms with Crippen molar-refractivity contribution >= 4 is 6.29 Å². The second-order valence-electron chi connectivity index (χ2n) is 4.53. The summed E-state index contributed by atoms with van der Waals surface area (Å²) in [5.74, 6) is 0.369. The van der Waals surface area contributed by atoms with E-state index < -0.39 is 0 Å². The maximum atomic E-state index is 13.3. The topological polar surface area (TPSA) is 38.3 Å². The number of aldehydes is 1. The van der Waals surface area contributed by atoms with Gasteiger partial charge >= 0.3 is 0 Å². The number of halogens is 1. The van der Waals surface area contributed by atoms with Gasteiger partial charge < -0.3 is 14.8 Å². The summed E-state index contributed by atoms with van der Waals surface area (Å²) in [4.78, 5) is 10.3. The maximum Gasteiger partial charge on any atom is 0.133 e. The van der Waals surface area contributed by atoms with E-state index in [1.54, 1.807) is 13.2 Å². The molecule has 1 aromatic carbocycles. The van der Waals surface area contributed by atoms with Gasteiger partial charge in [0.15, 0.2) is 0 Å². The van der Waals surface area contributed by atoms with Gasteiger partial charge in [-0.05, 0) is 18.2 Å². The number of methoxy groups -OCH3 is 1. The molecule has 0 bridgehead atoms.